The van der Waals surface area contributed by atoms with E-state index in [0.29, 0.717) is 5.56 Å². The van der Waals surface area contributed by atoms with Crippen LogP contribution in [0.3, 0.4) is 0 Å². The van der Waals surface area contributed by atoms with Crippen molar-refractivity contribution < 1.29 is 9.50 Å². The highest BCUT2D eigenvalue weighted by Gasteiger charge is 2.12. The lowest BCUT2D eigenvalue weighted by Gasteiger charge is -2.23. The molecule has 1 N–H and O–H groups in total. The summed E-state index contributed by atoms with van der Waals surface area (Å²) in [6.07, 6.45) is 2.58. The SMILES string of the molecule is CN(CCN1CCCC1)c1cc(F)cc(CO)c1. The van der Waals surface area contributed by atoms with Gasteiger partial charge in [-0.1, -0.05) is 0 Å². The number of likely N-dealkylation sites (N-methyl/N-ethyl adjacent to an activating group) is 1. The number of aliphatic hydroxyl groups is 1. The second kappa shape index (κ2) is 6.16. The van der Waals surface area contributed by atoms with Crippen LogP contribution < -0.4 is 4.90 Å². The Balaban J connectivity index is 1.94. The highest BCUT2D eigenvalue weighted by Crippen LogP contribution is 2.18. The molecule has 0 spiro atoms. The minimum Gasteiger partial charge on any atom is -0.392 e. The molecule has 0 bridgehead atoms. The molecule has 0 atom stereocenters. The molecule has 18 heavy (non-hydrogen) atoms. The molecule has 1 aliphatic rings. The van der Waals surface area contributed by atoms with Crippen molar-refractivity contribution in [1.82, 2.24) is 4.90 Å². The summed E-state index contributed by atoms with van der Waals surface area (Å²) in [6, 6.07) is 4.73. The maximum absolute atomic E-state index is 13.4. The first kappa shape index (κ1) is 13.3. The summed E-state index contributed by atoms with van der Waals surface area (Å²) >= 11 is 0. The molecule has 0 unspecified atom stereocenters. The maximum Gasteiger partial charge on any atom is 0.125 e. The van der Waals surface area contributed by atoms with Crippen molar-refractivity contribution in [3.05, 3.63) is 29.6 Å². The van der Waals surface area contributed by atoms with E-state index in [2.05, 4.69) is 4.90 Å². The van der Waals surface area contributed by atoms with Gasteiger partial charge < -0.3 is 14.9 Å². The van der Waals surface area contributed by atoms with Gasteiger partial charge in [-0.2, -0.15) is 0 Å². The molecule has 1 aromatic carbocycles. The lowest BCUT2D eigenvalue weighted by Crippen LogP contribution is -2.31. The second-order valence-corrected chi connectivity index (χ2v) is 4.95. The van der Waals surface area contributed by atoms with E-state index >= 15 is 0 Å². The van der Waals surface area contributed by atoms with Crippen molar-refractivity contribution in [2.75, 3.05) is 38.1 Å². The quantitative estimate of drug-likeness (QED) is 0.866. The minimum absolute atomic E-state index is 0.120. The molecule has 1 fully saturated rings. The third-order valence-electron chi connectivity index (χ3n) is 3.52. The van der Waals surface area contributed by atoms with Gasteiger partial charge in [0.05, 0.1) is 6.61 Å². The van der Waals surface area contributed by atoms with Gasteiger partial charge >= 0.3 is 0 Å². The van der Waals surface area contributed by atoms with Gasteiger partial charge in [-0.25, -0.2) is 4.39 Å². The first-order valence-corrected chi connectivity index (χ1v) is 6.53. The number of halogens is 1. The van der Waals surface area contributed by atoms with Gasteiger partial charge in [0.2, 0.25) is 0 Å². The molecular weight excluding hydrogens is 231 g/mol. The van der Waals surface area contributed by atoms with E-state index in [1.807, 2.05) is 18.0 Å². The van der Waals surface area contributed by atoms with Crippen LogP contribution in [0.25, 0.3) is 0 Å². The molecule has 1 saturated heterocycles. The fourth-order valence-electron chi connectivity index (χ4n) is 2.37. The lowest BCUT2D eigenvalue weighted by molar-refractivity contribution is 0.281. The van der Waals surface area contributed by atoms with E-state index in [1.165, 1.54) is 38.1 Å². The Morgan fingerprint density at radius 2 is 2.00 bits per heavy atom. The zero-order chi connectivity index (χ0) is 13.0. The molecule has 0 aliphatic carbocycles. The molecule has 4 heteroatoms. The van der Waals surface area contributed by atoms with E-state index in [0.717, 1.165) is 18.8 Å². The Morgan fingerprint density at radius 3 is 2.67 bits per heavy atom. The first-order valence-electron chi connectivity index (χ1n) is 6.53. The third-order valence-corrected chi connectivity index (χ3v) is 3.52. The van der Waals surface area contributed by atoms with Crippen LogP contribution in [0.1, 0.15) is 18.4 Å². The summed E-state index contributed by atoms with van der Waals surface area (Å²) < 4.78 is 13.4. The van der Waals surface area contributed by atoms with Crippen molar-refractivity contribution in [2.45, 2.75) is 19.4 Å². The van der Waals surface area contributed by atoms with Crippen LogP contribution >= 0.6 is 0 Å². The Morgan fingerprint density at radius 1 is 1.28 bits per heavy atom. The second-order valence-electron chi connectivity index (χ2n) is 4.95. The number of likely N-dealkylation sites (tertiary alicyclic amines) is 1. The molecule has 100 valence electrons. The molecule has 2 rings (SSSR count). The third kappa shape index (κ3) is 3.43. The summed E-state index contributed by atoms with van der Waals surface area (Å²) in [5, 5.41) is 9.08. The molecule has 0 aromatic heterocycles. The van der Waals surface area contributed by atoms with Gasteiger partial charge in [-0.05, 0) is 49.7 Å². The molecule has 1 aromatic rings. The van der Waals surface area contributed by atoms with Crippen LogP contribution in [0.2, 0.25) is 0 Å². The normalized spacial score (nSPS) is 16.2. The standard InChI is InChI=1S/C14H21FN2O/c1-16(6-7-17-4-2-3-5-17)14-9-12(11-18)8-13(15)10-14/h8-10,18H,2-7,11H2,1H3. The number of benzene rings is 1. The van der Waals surface area contributed by atoms with E-state index in [9.17, 15) is 4.39 Å². The van der Waals surface area contributed by atoms with Gasteiger partial charge in [-0.3, -0.25) is 0 Å². The van der Waals surface area contributed by atoms with Gasteiger partial charge in [0, 0.05) is 25.8 Å². The van der Waals surface area contributed by atoms with Gasteiger partial charge in [0.25, 0.3) is 0 Å². The van der Waals surface area contributed by atoms with E-state index < -0.39 is 0 Å². The van der Waals surface area contributed by atoms with Crippen LogP contribution in [-0.2, 0) is 6.61 Å². The molecule has 1 heterocycles. The number of nitrogens with zero attached hydrogens (tertiary/aromatic N) is 2. The van der Waals surface area contributed by atoms with Crippen molar-refractivity contribution in [3.63, 3.8) is 0 Å². The lowest BCUT2D eigenvalue weighted by atomic mass is 10.2. The van der Waals surface area contributed by atoms with Crippen molar-refractivity contribution >= 4 is 5.69 Å². The molecule has 0 amide bonds. The average molecular weight is 252 g/mol. The van der Waals surface area contributed by atoms with Crippen LogP contribution in [0.4, 0.5) is 10.1 Å². The Bertz CT molecular complexity index is 391. The summed E-state index contributed by atoms with van der Waals surface area (Å²) in [5.41, 5.74) is 1.45. The number of anilines is 1. The van der Waals surface area contributed by atoms with Crippen LogP contribution in [0, 0.1) is 5.82 Å². The minimum atomic E-state index is -0.287. The van der Waals surface area contributed by atoms with Gasteiger partial charge in [0.1, 0.15) is 5.82 Å². The number of aliphatic hydroxyl groups excluding tert-OH is 1. The van der Waals surface area contributed by atoms with Crippen LogP contribution in [0.15, 0.2) is 18.2 Å². The Kier molecular flexibility index (Phi) is 4.55. The monoisotopic (exact) mass is 252 g/mol. The number of hydrogen-bond donors (Lipinski definition) is 1. The predicted octanol–water partition coefficient (Wildman–Crippen LogP) is 1.85. The van der Waals surface area contributed by atoms with E-state index in [4.69, 9.17) is 5.11 Å². The van der Waals surface area contributed by atoms with Crippen molar-refractivity contribution in [1.29, 1.82) is 0 Å². The van der Waals surface area contributed by atoms with E-state index in [-0.39, 0.29) is 12.4 Å². The topological polar surface area (TPSA) is 26.7 Å². The number of rotatable bonds is 5. The highest BCUT2D eigenvalue weighted by atomic mass is 19.1. The zero-order valence-corrected chi connectivity index (χ0v) is 10.9. The molecule has 0 radical (unpaired) electrons. The molecular formula is C14H21FN2O. The summed E-state index contributed by atoms with van der Waals surface area (Å²) in [7, 11) is 1.96. The molecule has 1 aliphatic heterocycles. The van der Waals surface area contributed by atoms with Gasteiger partial charge in [0.15, 0.2) is 0 Å². The zero-order valence-electron chi connectivity index (χ0n) is 10.9. The van der Waals surface area contributed by atoms with Crippen molar-refractivity contribution in [2.24, 2.45) is 0 Å². The average Bonchev–Trinajstić information content (AvgIpc) is 2.88. The van der Waals surface area contributed by atoms with Crippen molar-refractivity contribution in [3.8, 4) is 0 Å². The smallest absolute Gasteiger partial charge is 0.125 e. The summed E-state index contributed by atoms with van der Waals surface area (Å²) in [4.78, 5) is 4.48. The predicted molar refractivity (Wildman–Crippen MR) is 71.3 cm³/mol. The summed E-state index contributed by atoms with van der Waals surface area (Å²) in [6.45, 7) is 4.14. The Labute approximate surface area is 108 Å². The maximum atomic E-state index is 13.4. The first-order chi connectivity index (χ1) is 8.69. The number of hydrogen-bond acceptors (Lipinski definition) is 3. The Hall–Kier alpha value is -1.13. The van der Waals surface area contributed by atoms with Crippen LogP contribution in [-0.4, -0.2) is 43.2 Å². The summed E-state index contributed by atoms with van der Waals surface area (Å²) in [5.74, 6) is -0.287. The van der Waals surface area contributed by atoms with Crippen LogP contribution in [0.5, 0.6) is 0 Å². The molecule has 3 nitrogen and oxygen atoms in total. The highest BCUT2D eigenvalue weighted by molar-refractivity contribution is 5.48. The fraction of sp³-hybridized carbons (Fsp3) is 0.571. The van der Waals surface area contributed by atoms with E-state index in [1.54, 1.807) is 0 Å². The molecule has 0 saturated carbocycles. The largest absolute Gasteiger partial charge is 0.392 e. The van der Waals surface area contributed by atoms with Gasteiger partial charge in [-0.15, -0.1) is 0 Å². The fourth-order valence-corrected chi connectivity index (χ4v) is 2.37.